The summed E-state index contributed by atoms with van der Waals surface area (Å²) in [6, 6.07) is 11.0. The van der Waals surface area contributed by atoms with Crippen LogP contribution < -0.4 is 11.1 Å². The molecule has 30 heavy (non-hydrogen) atoms. The fourth-order valence-electron chi connectivity index (χ4n) is 3.16. The quantitative estimate of drug-likeness (QED) is 0.379. The number of hydrogen-bond acceptors (Lipinski definition) is 8. The normalized spacial score (nSPS) is 13.4. The molecule has 7 nitrogen and oxygen atoms in total. The Bertz CT molecular complexity index is 1030. The van der Waals surface area contributed by atoms with Gasteiger partial charge >= 0.3 is 0 Å². The smallest absolute Gasteiger partial charge is 0.148 e. The SMILES string of the molecule is Cc1nc(Nc2sc(-c3ccc(C(C)(C)O)cc3)nc2C(N)O)ccc1C(C)(C)O. The topological polar surface area (TPSA) is 125 Å². The van der Waals surface area contributed by atoms with Crippen LogP contribution in [-0.4, -0.2) is 25.3 Å². The van der Waals surface area contributed by atoms with Crippen LogP contribution in [0.4, 0.5) is 10.8 Å². The summed E-state index contributed by atoms with van der Waals surface area (Å²) < 4.78 is 0. The van der Waals surface area contributed by atoms with Gasteiger partial charge in [-0.1, -0.05) is 41.7 Å². The molecule has 0 amide bonds. The Hall–Kier alpha value is -2.36. The molecule has 0 aliphatic rings. The van der Waals surface area contributed by atoms with Gasteiger partial charge in [0.1, 0.15) is 27.7 Å². The molecule has 1 aromatic carbocycles. The van der Waals surface area contributed by atoms with E-state index in [0.29, 0.717) is 27.2 Å². The average Bonchev–Trinajstić information content (AvgIpc) is 3.04. The predicted molar refractivity (Wildman–Crippen MR) is 119 cm³/mol. The Labute approximate surface area is 180 Å². The average molecular weight is 429 g/mol. The molecule has 0 saturated heterocycles. The Kier molecular flexibility index (Phi) is 5.99. The van der Waals surface area contributed by atoms with Crippen LogP contribution in [0.2, 0.25) is 0 Å². The summed E-state index contributed by atoms with van der Waals surface area (Å²) >= 11 is 1.35. The first-order chi connectivity index (χ1) is 13.9. The zero-order chi connectivity index (χ0) is 22.3. The number of nitrogens with zero attached hydrogens (tertiary/aromatic N) is 2. The molecule has 1 unspecified atom stereocenters. The Morgan fingerprint density at radius 2 is 1.60 bits per heavy atom. The van der Waals surface area contributed by atoms with Crippen LogP contribution in [0.25, 0.3) is 10.6 Å². The molecule has 8 heteroatoms. The summed E-state index contributed by atoms with van der Waals surface area (Å²) in [5, 5.41) is 34.8. The molecule has 2 aromatic heterocycles. The Balaban J connectivity index is 1.93. The third-order valence-electron chi connectivity index (χ3n) is 4.76. The molecule has 3 aromatic rings. The first kappa shape index (κ1) is 22.3. The van der Waals surface area contributed by atoms with E-state index in [1.807, 2.05) is 37.3 Å². The maximum absolute atomic E-state index is 10.2. The summed E-state index contributed by atoms with van der Waals surface area (Å²) in [6.07, 6.45) is -1.25. The van der Waals surface area contributed by atoms with Crippen molar-refractivity contribution in [3.8, 4) is 10.6 Å². The number of thiazole rings is 1. The molecule has 1 atom stereocenters. The van der Waals surface area contributed by atoms with Crippen LogP contribution in [0, 0.1) is 6.92 Å². The number of hydrogen-bond donors (Lipinski definition) is 5. The maximum atomic E-state index is 10.2. The number of aryl methyl sites for hydroxylation is 1. The van der Waals surface area contributed by atoms with Crippen molar-refractivity contribution >= 4 is 22.2 Å². The van der Waals surface area contributed by atoms with Crippen LogP contribution in [0.5, 0.6) is 0 Å². The third-order valence-corrected chi connectivity index (χ3v) is 5.79. The fraction of sp³-hybridized carbons (Fsp3) is 0.364. The number of aliphatic hydroxyl groups is 3. The van der Waals surface area contributed by atoms with Crippen LogP contribution in [0.3, 0.4) is 0 Å². The van der Waals surface area contributed by atoms with Gasteiger partial charge in [0.2, 0.25) is 0 Å². The number of rotatable bonds is 6. The molecule has 2 heterocycles. The van der Waals surface area contributed by atoms with E-state index < -0.39 is 17.4 Å². The zero-order valence-corrected chi connectivity index (χ0v) is 18.6. The van der Waals surface area contributed by atoms with Crippen LogP contribution >= 0.6 is 11.3 Å². The van der Waals surface area contributed by atoms with E-state index in [4.69, 9.17) is 5.73 Å². The lowest BCUT2D eigenvalue weighted by molar-refractivity contribution is 0.0772. The number of nitrogens with one attached hydrogen (secondary N) is 1. The van der Waals surface area contributed by atoms with E-state index in [1.165, 1.54) is 11.3 Å². The number of nitrogens with two attached hydrogens (primary N) is 1. The summed E-state index contributed by atoms with van der Waals surface area (Å²) in [5.41, 5.74) is 7.23. The predicted octanol–water partition coefficient (Wildman–Crippen LogP) is 3.66. The van der Waals surface area contributed by atoms with Gasteiger partial charge in [-0.25, -0.2) is 9.97 Å². The van der Waals surface area contributed by atoms with Crippen molar-refractivity contribution in [1.82, 2.24) is 9.97 Å². The number of aromatic nitrogens is 2. The number of anilines is 2. The molecule has 0 spiro atoms. The Morgan fingerprint density at radius 1 is 0.967 bits per heavy atom. The minimum atomic E-state index is -1.25. The first-order valence-electron chi connectivity index (χ1n) is 9.61. The summed E-state index contributed by atoms with van der Waals surface area (Å²) in [4.78, 5) is 9.01. The van der Waals surface area contributed by atoms with E-state index in [1.54, 1.807) is 33.8 Å². The van der Waals surface area contributed by atoms with Crippen molar-refractivity contribution < 1.29 is 15.3 Å². The van der Waals surface area contributed by atoms with Gasteiger partial charge in [-0.2, -0.15) is 0 Å². The highest BCUT2D eigenvalue weighted by Gasteiger charge is 2.22. The van der Waals surface area contributed by atoms with Gasteiger partial charge in [-0.05, 0) is 46.2 Å². The second-order valence-electron chi connectivity index (χ2n) is 8.33. The lowest BCUT2D eigenvalue weighted by atomic mass is 9.97. The molecular formula is C22H28N4O3S. The van der Waals surface area contributed by atoms with Crippen molar-refractivity contribution in [2.75, 3.05) is 5.32 Å². The van der Waals surface area contributed by atoms with Crippen LogP contribution in [0.1, 0.15) is 56.4 Å². The molecule has 0 aliphatic heterocycles. The molecule has 3 rings (SSSR count). The van der Waals surface area contributed by atoms with Gasteiger partial charge in [0, 0.05) is 16.8 Å². The second-order valence-corrected chi connectivity index (χ2v) is 9.33. The molecule has 160 valence electrons. The lowest BCUT2D eigenvalue weighted by Crippen LogP contribution is -2.18. The van der Waals surface area contributed by atoms with E-state index in [-0.39, 0.29) is 0 Å². The maximum Gasteiger partial charge on any atom is 0.148 e. The molecule has 0 aliphatic carbocycles. The fourth-order valence-corrected chi connectivity index (χ4v) is 4.18. The first-order valence-corrected chi connectivity index (χ1v) is 10.4. The second kappa shape index (κ2) is 8.05. The van der Waals surface area contributed by atoms with Gasteiger partial charge in [0.15, 0.2) is 0 Å². The highest BCUT2D eigenvalue weighted by Crippen LogP contribution is 2.36. The van der Waals surface area contributed by atoms with Gasteiger partial charge < -0.3 is 26.4 Å². The molecule has 6 N–H and O–H groups in total. The Morgan fingerprint density at radius 3 is 2.10 bits per heavy atom. The molecule has 0 radical (unpaired) electrons. The van der Waals surface area contributed by atoms with Crippen molar-refractivity contribution in [3.63, 3.8) is 0 Å². The van der Waals surface area contributed by atoms with Gasteiger partial charge in [-0.15, -0.1) is 0 Å². The number of aliphatic hydroxyl groups excluding tert-OH is 1. The highest BCUT2D eigenvalue weighted by atomic mass is 32.1. The minimum absolute atomic E-state index is 0.326. The van der Waals surface area contributed by atoms with E-state index in [0.717, 1.165) is 16.7 Å². The van der Waals surface area contributed by atoms with Gasteiger partial charge in [-0.3, -0.25) is 0 Å². The summed E-state index contributed by atoms with van der Waals surface area (Å²) in [6.45, 7) is 8.72. The van der Waals surface area contributed by atoms with Gasteiger partial charge in [0.25, 0.3) is 0 Å². The minimum Gasteiger partial charge on any atom is -0.386 e. The third kappa shape index (κ3) is 4.85. The standard InChI is InChI=1S/C22H28N4O3S/c1-12-15(22(4,5)29)10-11-16(24-12)25-20-17(18(23)27)26-19(30-20)13-6-8-14(9-7-13)21(2,3)28/h6-11,18,27-29H,23H2,1-5H3,(H,24,25). The highest BCUT2D eigenvalue weighted by molar-refractivity contribution is 7.19. The number of benzene rings is 1. The largest absolute Gasteiger partial charge is 0.386 e. The van der Waals surface area contributed by atoms with Crippen molar-refractivity contribution in [1.29, 1.82) is 0 Å². The summed E-state index contributed by atoms with van der Waals surface area (Å²) in [5.74, 6) is 0.565. The van der Waals surface area contributed by atoms with Crippen molar-refractivity contribution in [2.24, 2.45) is 5.73 Å². The van der Waals surface area contributed by atoms with Crippen molar-refractivity contribution in [2.45, 2.75) is 52.0 Å². The summed E-state index contributed by atoms with van der Waals surface area (Å²) in [7, 11) is 0. The molecule has 0 saturated carbocycles. The molecule has 0 bridgehead atoms. The van der Waals surface area contributed by atoms with Crippen LogP contribution in [0.15, 0.2) is 36.4 Å². The van der Waals surface area contributed by atoms with E-state index in [2.05, 4.69) is 15.3 Å². The zero-order valence-electron chi connectivity index (χ0n) is 17.8. The lowest BCUT2D eigenvalue weighted by Gasteiger charge is -2.20. The monoisotopic (exact) mass is 428 g/mol. The van der Waals surface area contributed by atoms with E-state index in [9.17, 15) is 15.3 Å². The van der Waals surface area contributed by atoms with Crippen LogP contribution in [-0.2, 0) is 11.2 Å². The van der Waals surface area contributed by atoms with Crippen molar-refractivity contribution in [3.05, 3.63) is 58.9 Å². The van der Waals surface area contributed by atoms with E-state index >= 15 is 0 Å². The van der Waals surface area contributed by atoms with Gasteiger partial charge in [0.05, 0.1) is 11.2 Å². The molecular weight excluding hydrogens is 400 g/mol. The number of pyridine rings is 1. The molecule has 0 fully saturated rings.